The number of phenols is 2. The van der Waals surface area contributed by atoms with Crippen molar-refractivity contribution in [3.8, 4) is 17.2 Å². The van der Waals surface area contributed by atoms with Crippen LogP contribution in [0.1, 0.15) is 0 Å². The normalized spacial score (nSPS) is 12.9. The van der Waals surface area contributed by atoms with E-state index in [9.17, 15) is 8.42 Å². The molecule has 0 spiro atoms. The Labute approximate surface area is 174 Å². The van der Waals surface area contributed by atoms with Gasteiger partial charge in [0.05, 0.1) is 4.90 Å². The minimum absolute atomic E-state index is 0. The molecule has 0 saturated heterocycles. The molecule has 2 N–H and O–H groups in total. The molecule has 2 atom stereocenters. The van der Waals surface area contributed by atoms with E-state index in [1.165, 1.54) is 48.5 Å². The molecule has 2 aromatic carbocycles. The summed E-state index contributed by atoms with van der Waals surface area (Å²) in [6.45, 7) is 0. The first-order valence-electron chi connectivity index (χ1n) is 5.53. The van der Waals surface area contributed by atoms with Crippen molar-refractivity contribution in [2.45, 2.75) is 4.90 Å². The van der Waals surface area contributed by atoms with Crippen molar-refractivity contribution in [2.24, 2.45) is 0 Å². The first kappa shape index (κ1) is 19.7. The largest absolute Gasteiger partial charge is 1.00 e. The van der Waals surface area contributed by atoms with Gasteiger partial charge in [-0.05, 0) is 48.5 Å². The summed E-state index contributed by atoms with van der Waals surface area (Å²) in [5, 5.41) is 18.2. The van der Waals surface area contributed by atoms with Crippen molar-refractivity contribution in [1.29, 1.82) is 0 Å². The van der Waals surface area contributed by atoms with Crippen LogP contribution in [-0.2, 0) is 26.6 Å². The summed E-state index contributed by atoms with van der Waals surface area (Å²) < 4.78 is 32.5. The summed E-state index contributed by atoms with van der Waals surface area (Å²) in [4.78, 5) is 3.41. The summed E-state index contributed by atoms with van der Waals surface area (Å²) in [6, 6.07) is 10.9. The van der Waals surface area contributed by atoms with Crippen molar-refractivity contribution < 1.29 is 78.5 Å². The molecule has 0 heterocycles. The summed E-state index contributed by atoms with van der Waals surface area (Å²) in [6.07, 6.45) is 0. The zero-order chi connectivity index (χ0) is 15.2. The van der Waals surface area contributed by atoms with Crippen molar-refractivity contribution in [2.75, 3.05) is 0 Å². The molecular weight excluding hydrogens is 357 g/mol. The Hall–Kier alpha value is -0.304. The van der Waals surface area contributed by atoms with Crippen LogP contribution in [0.5, 0.6) is 17.2 Å². The summed E-state index contributed by atoms with van der Waals surface area (Å²) in [5.41, 5.74) is 0. The van der Waals surface area contributed by atoms with Gasteiger partial charge < -0.3 is 23.6 Å². The first-order valence-corrected chi connectivity index (χ1v) is 7.64. The van der Waals surface area contributed by atoms with E-state index in [1.807, 2.05) is 0 Å². The fraction of sp³-hybridized carbons (Fsp3) is 0. The summed E-state index contributed by atoms with van der Waals surface area (Å²) >= 11 is -4.16. The molecule has 0 aliphatic heterocycles. The maximum absolute atomic E-state index is 11.6. The molecule has 0 radical (unpaired) electrons. The van der Waals surface area contributed by atoms with E-state index in [0.717, 1.165) is 0 Å². The minimum atomic E-state index is -2.20. The molecule has 0 bridgehead atoms. The third kappa shape index (κ3) is 6.44. The zero-order valence-electron chi connectivity index (χ0n) is 11.4. The maximum atomic E-state index is 11.6. The van der Waals surface area contributed by atoms with E-state index in [0.29, 0.717) is 0 Å². The predicted octanol–water partition coefficient (Wildman–Crippen LogP) is -0.913. The molecule has 0 saturated carbocycles. The average molecular weight is 367 g/mol. The van der Waals surface area contributed by atoms with Gasteiger partial charge in [0.2, 0.25) is 0 Å². The molecule has 112 valence electrons. The van der Waals surface area contributed by atoms with E-state index >= 15 is 0 Å². The van der Waals surface area contributed by atoms with Gasteiger partial charge in [0, 0.05) is 0 Å². The third-order valence-corrected chi connectivity index (χ3v) is 3.69. The Balaban J connectivity index is 0.00000242. The Morgan fingerprint density at radius 2 is 1.36 bits per heavy atom. The van der Waals surface area contributed by atoms with Crippen molar-refractivity contribution in [3.63, 3.8) is 0 Å². The van der Waals surface area contributed by atoms with Gasteiger partial charge in [-0.1, -0.05) is 0 Å². The van der Waals surface area contributed by atoms with Crippen LogP contribution in [0.4, 0.5) is 0 Å². The van der Waals surface area contributed by atoms with Crippen LogP contribution in [-0.4, -0.2) is 18.6 Å². The number of aromatic hydroxyl groups is 2. The first-order chi connectivity index (χ1) is 10.0. The fourth-order valence-corrected chi connectivity index (χ4v) is 2.42. The molecule has 0 fully saturated rings. The molecule has 10 heteroatoms. The molecule has 22 heavy (non-hydrogen) atoms. The van der Waals surface area contributed by atoms with E-state index in [2.05, 4.69) is 9.17 Å². The van der Waals surface area contributed by atoms with Crippen LogP contribution < -0.4 is 55.6 Å². The number of hydrogen-bond acceptors (Lipinski definition) is 6. The van der Waals surface area contributed by atoms with Crippen LogP contribution >= 0.6 is 0 Å². The van der Waals surface area contributed by atoms with Crippen LogP contribution in [0, 0.1) is 0 Å². The molecule has 0 aliphatic rings. The van der Waals surface area contributed by atoms with E-state index in [-0.39, 0.29) is 73.5 Å². The van der Waals surface area contributed by atoms with Gasteiger partial charge in [-0.15, -0.1) is 0 Å². The van der Waals surface area contributed by atoms with Gasteiger partial charge in [0.15, 0.2) is 11.1 Å². The number of phenolic OH excluding ortho intramolecular Hbond substituents is 2. The van der Waals surface area contributed by atoms with Crippen molar-refractivity contribution in [1.82, 2.24) is 0 Å². The van der Waals surface area contributed by atoms with Crippen molar-refractivity contribution >= 4 is 22.3 Å². The van der Waals surface area contributed by atoms with Gasteiger partial charge in [0.25, 0.3) is 0 Å². The Kier molecular flexibility index (Phi) is 8.75. The second-order valence-corrected chi connectivity index (χ2v) is 5.51. The monoisotopic (exact) mass is 367 g/mol. The fourth-order valence-electron chi connectivity index (χ4n) is 1.25. The molecule has 2 aromatic rings. The molecule has 2 rings (SSSR count). The van der Waals surface area contributed by atoms with Crippen LogP contribution in [0.15, 0.2) is 53.4 Å². The molecular formula is C12H10KNO6S2. The Morgan fingerprint density at radius 3 is 1.91 bits per heavy atom. The predicted molar refractivity (Wildman–Crippen MR) is 75.8 cm³/mol. The van der Waals surface area contributed by atoms with E-state index in [1.54, 1.807) is 0 Å². The number of rotatable bonds is 6. The van der Waals surface area contributed by atoms with Gasteiger partial charge >= 0.3 is 51.4 Å². The van der Waals surface area contributed by atoms with Crippen LogP contribution in [0.2, 0.25) is 0 Å². The van der Waals surface area contributed by atoms with Gasteiger partial charge in [-0.2, -0.15) is 0 Å². The topological polar surface area (TPSA) is 107 Å². The molecule has 0 aliphatic carbocycles. The molecule has 0 aromatic heterocycles. The number of nitrogens with zero attached hydrogens (tertiary/aromatic N) is 1. The van der Waals surface area contributed by atoms with Crippen LogP contribution in [0.25, 0.3) is 4.89 Å². The van der Waals surface area contributed by atoms with E-state index < -0.39 is 22.3 Å². The Morgan fingerprint density at radius 1 is 0.864 bits per heavy atom. The zero-order valence-corrected chi connectivity index (χ0v) is 16.2. The second kappa shape index (κ2) is 9.75. The quantitative estimate of drug-likeness (QED) is 0.506. The van der Waals surface area contributed by atoms with Gasteiger partial charge in [-0.25, -0.2) is 8.42 Å². The van der Waals surface area contributed by atoms with Crippen LogP contribution in [0.3, 0.4) is 0 Å². The third-order valence-electron chi connectivity index (χ3n) is 2.19. The number of hydrogen-bond donors (Lipinski definition) is 2. The van der Waals surface area contributed by atoms with Gasteiger partial charge in [-0.3, -0.25) is 0 Å². The molecule has 2 unspecified atom stereocenters. The van der Waals surface area contributed by atoms with E-state index in [4.69, 9.17) is 14.4 Å². The SMILES string of the molecule is O=S([N-]OS(=O)c1ccc(O)cc1)Oc1ccc(O)cc1.[K+]. The standard InChI is InChI=1S/C12H10NO6S2.K/c14-9-1-5-11(6-2-9)18-21(17)13-19-20(16)12-7-3-10(15)4-8-12;/h1-8,14-15H;/q-1;+1. The minimum Gasteiger partial charge on any atom is -0.508 e. The van der Waals surface area contributed by atoms with Crippen molar-refractivity contribution in [3.05, 3.63) is 53.4 Å². The maximum Gasteiger partial charge on any atom is 1.00 e. The van der Waals surface area contributed by atoms with Gasteiger partial charge in [0.1, 0.15) is 28.5 Å². The Bertz CT molecular complexity index is 650. The smallest absolute Gasteiger partial charge is 0.508 e. The average Bonchev–Trinajstić information content (AvgIpc) is 2.48. The summed E-state index contributed by atoms with van der Waals surface area (Å²) in [7, 11) is 0. The summed E-state index contributed by atoms with van der Waals surface area (Å²) in [5.74, 6) is 0.260. The number of benzene rings is 2. The second-order valence-electron chi connectivity index (χ2n) is 3.67. The molecule has 0 amide bonds. The molecule has 7 nitrogen and oxygen atoms in total.